The van der Waals surface area contributed by atoms with Crippen LogP contribution in [0.15, 0.2) is 42.5 Å². The SMILES string of the molecule is Cc1ccccc1NC(=O)CN(c1cc(Cl)ccc1Cl)S(C)(=O)=O. The minimum absolute atomic E-state index is 0.159. The van der Waals surface area contributed by atoms with Gasteiger partial charge in [-0.15, -0.1) is 0 Å². The first-order chi connectivity index (χ1) is 11.2. The van der Waals surface area contributed by atoms with Crippen molar-refractivity contribution in [2.45, 2.75) is 6.92 Å². The molecule has 0 aliphatic carbocycles. The first-order valence-electron chi connectivity index (χ1n) is 6.97. The van der Waals surface area contributed by atoms with Crippen LogP contribution >= 0.6 is 23.2 Å². The molecule has 128 valence electrons. The van der Waals surface area contributed by atoms with Crippen molar-refractivity contribution in [3.05, 3.63) is 58.1 Å². The molecular weight excluding hydrogens is 371 g/mol. The van der Waals surface area contributed by atoms with Crippen molar-refractivity contribution in [2.75, 3.05) is 22.4 Å². The van der Waals surface area contributed by atoms with Crippen LogP contribution in [0.4, 0.5) is 11.4 Å². The van der Waals surface area contributed by atoms with Gasteiger partial charge in [-0.1, -0.05) is 41.4 Å². The van der Waals surface area contributed by atoms with E-state index in [1.54, 1.807) is 18.2 Å². The summed E-state index contributed by atoms with van der Waals surface area (Å²) < 4.78 is 25.1. The summed E-state index contributed by atoms with van der Waals surface area (Å²) in [6, 6.07) is 11.6. The third kappa shape index (κ3) is 4.63. The maximum atomic E-state index is 12.3. The van der Waals surface area contributed by atoms with Crippen molar-refractivity contribution >= 4 is 50.5 Å². The molecule has 1 amide bonds. The third-order valence-corrected chi connectivity index (χ3v) is 4.96. The number of halogens is 2. The van der Waals surface area contributed by atoms with Gasteiger partial charge in [-0.05, 0) is 36.8 Å². The number of aryl methyl sites for hydroxylation is 1. The highest BCUT2D eigenvalue weighted by Gasteiger charge is 2.23. The zero-order chi connectivity index (χ0) is 17.9. The predicted molar refractivity (Wildman–Crippen MR) is 98.5 cm³/mol. The average molecular weight is 387 g/mol. The smallest absolute Gasteiger partial charge is 0.245 e. The fourth-order valence-electron chi connectivity index (χ4n) is 2.09. The van der Waals surface area contributed by atoms with E-state index in [2.05, 4.69) is 5.32 Å². The van der Waals surface area contributed by atoms with Gasteiger partial charge >= 0.3 is 0 Å². The highest BCUT2D eigenvalue weighted by Crippen LogP contribution is 2.30. The van der Waals surface area contributed by atoms with Gasteiger partial charge in [0.1, 0.15) is 6.54 Å². The minimum atomic E-state index is -3.73. The van der Waals surface area contributed by atoms with E-state index in [-0.39, 0.29) is 10.7 Å². The Morgan fingerprint density at radius 1 is 1.17 bits per heavy atom. The zero-order valence-electron chi connectivity index (χ0n) is 13.1. The van der Waals surface area contributed by atoms with Gasteiger partial charge in [0, 0.05) is 10.7 Å². The van der Waals surface area contributed by atoms with Crippen molar-refractivity contribution in [3.8, 4) is 0 Å². The number of nitrogens with one attached hydrogen (secondary N) is 1. The first-order valence-corrected chi connectivity index (χ1v) is 9.57. The lowest BCUT2D eigenvalue weighted by atomic mass is 10.2. The molecule has 2 rings (SSSR count). The van der Waals surface area contributed by atoms with Gasteiger partial charge in [-0.25, -0.2) is 8.42 Å². The summed E-state index contributed by atoms with van der Waals surface area (Å²) in [5.41, 5.74) is 1.65. The second kappa shape index (κ2) is 7.42. The first kappa shape index (κ1) is 18.6. The van der Waals surface area contributed by atoms with E-state index in [1.807, 2.05) is 19.1 Å². The topological polar surface area (TPSA) is 66.5 Å². The number of amides is 1. The van der Waals surface area contributed by atoms with Crippen molar-refractivity contribution < 1.29 is 13.2 Å². The number of anilines is 2. The Morgan fingerprint density at radius 3 is 2.46 bits per heavy atom. The van der Waals surface area contributed by atoms with Crippen LogP contribution in [0, 0.1) is 6.92 Å². The van der Waals surface area contributed by atoms with Crippen LogP contribution in [0.25, 0.3) is 0 Å². The van der Waals surface area contributed by atoms with Crippen LogP contribution in [0.2, 0.25) is 10.0 Å². The van der Waals surface area contributed by atoms with Gasteiger partial charge in [-0.3, -0.25) is 9.10 Å². The molecule has 0 radical (unpaired) electrons. The maximum Gasteiger partial charge on any atom is 0.245 e. The molecule has 2 aromatic carbocycles. The molecule has 2 aromatic rings. The largest absolute Gasteiger partial charge is 0.324 e. The fraction of sp³-hybridized carbons (Fsp3) is 0.188. The number of sulfonamides is 1. The van der Waals surface area contributed by atoms with Crippen LogP contribution in [0.1, 0.15) is 5.56 Å². The van der Waals surface area contributed by atoms with Crippen molar-refractivity contribution in [1.82, 2.24) is 0 Å². The molecule has 24 heavy (non-hydrogen) atoms. The lowest BCUT2D eigenvalue weighted by Crippen LogP contribution is -2.37. The highest BCUT2D eigenvalue weighted by molar-refractivity contribution is 7.92. The number of rotatable bonds is 5. The summed E-state index contributed by atoms with van der Waals surface area (Å²) in [5, 5.41) is 3.21. The summed E-state index contributed by atoms with van der Waals surface area (Å²) in [7, 11) is -3.73. The molecule has 8 heteroatoms. The van der Waals surface area contributed by atoms with Gasteiger partial charge < -0.3 is 5.32 Å². The summed E-state index contributed by atoms with van der Waals surface area (Å²) in [6.07, 6.45) is 1.01. The van der Waals surface area contributed by atoms with E-state index in [4.69, 9.17) is 23.2 Å². The van der Waals surface area contributed by atoms with Gasteiger partial charge in [0.15, 0.2) is 0 Å². The second-order valence-electron chi connectivity index (χ2n) is 5.23. The summed E-state index contributed by atoms with van der Waals surface area (Å²) >= 11 is 12.0. The Labute approximate surface area is 151 Å². The van der Waals surface area contributed by atoms with E-state index in [0.717, 1.165) is 16.1 Å². The lowest BCUT2D eigenvalue weighted by Gasteiger charge is -2.23. The highest BCUT2D eigenvalue weighted by atomic mass is 35.5. The third-order valence-electron chi connectivity index (χ3n) is 3.28. The Morgan fingerprint density at radius 2 is 1.83 bits per heavy atom. The van der Waals surface area contributed by atoms with Gasteiger partial charge in [0.25, 0.3) is 0 Å². The van der Waals surface area contributed by atoms with Crippen molar-refractivity contribution in [3.63, 3.8) is 0 Å². The lowest BCUT2D eigenvalue weighted by molar-refractivity contribution is -0.114. The van der Waals surface area contributed by atoms with Crippen molar-refractivity contribution in [2.24, 2.45) is 0 Å². The molecule has 0 fully saturated rings. The van der Waals surface area contributed by atoms with Crippen LogP contribution in [0.5, 0.6) is 0 Å². The number of carbonyl (C=O) groups is 1. The minimum Gasteiger partial charge on any atom is -0.324 e. The molecular formula is C16H16Cl2N2O3S. The molecule has 0 bridgehead atoms. The van der Waals surface area contributed by atoms with Crippen LogP contribution in [-0.2, 0) is 14.8 Å². The monoisotopic (exact) mass is 386 g/mol. The number of hydrogen-bond donors (Lipinski definition) is 1. The van der Waals surface area contributed by atoms with Crippen LogP contribution < -0.4 is 9.62 Å². The second-order valence-corrected chi connectivity index (χ2v) is 7.98. The predicted octanol–water partition coefficient (Wildman–Crippen LogP) is 3.71. The Bertz CT molecular complexity index is 869. The van der Waals surface area contributed by atoms with E-state index in [9.17, 15) is 13.2 Å². The Balaban J connectivity index is 2.29. The normalized spacial score (nSPS) is 11.2. The van der Waals surface area contributed by atoms with Gasteiger partial charge in [0.2, 0.25) is 15.9 Å². The molecule has 5 nitrogen and oxygen atoms in total. The van der Waals surface area contributed by atoms with Crippen LogP contribution in [-0.4, -0.2) is 27.1 Å². The summed E-state index contributed by atoms with van der Waals surface area (Å²) in [5.74, 6) is -0.481. The molecule has 0 spiro atoms. The van der Waals surface area contributed by atoms with Gasteiger partial charge in [-0.2, -0.15) is 0 Å². The fourth-order valence-corrected chi connectivity index (χ4v) is 3.39. The standard InChI is InChI=1S/C16H16Cl2N2O3S/c1-11-5-3-4-6-14(11)19-16(21)10-20(24(2,22)23)15-9-12(17)7-8-13(15)18/h3-9H,10H2,1-2H3,(H,19,21). The number of carbonyl (C=O) groups excluding carboxylic acids is 1. The Hall–Kier alpha value is -1.76. The molecule has 0 aliphatic heterocycles. The summed E-state index contributed by atoms with van der Waals surface area (Å²) in [4.78, 5) is 12.3. The summed E-state index contributed by atoms with van der Waals surface area (Å²) in [6.45, 7) is 1.44. The van der Waals surface area contributed by atoms with E-state index in [1.165, 1.54) is 12.1 Å². The Kier molecular flexibility index (Phi) is 5.74. The zero-order valence-corrected chi connectivity index (χ0v) is 15.4. The van der Waals surface area contributed by atoms with Gasteiger partial charge in [0.05, 0.1) is 17.0 Å². The maximum absolute atomic E-state index is 12.3. The number of para-hydroxylation sites is 1. The number of benzene rings is 2. The van der Waals surface area contributed by atoms with E-state index in [0.29, 0.717) is 10.7 Å². The molecule has 1 N–H and O–H groups in total. The van der Waals surface area contributed by atoms with Crippen LogP contribution in [0.3, 0.4) is 0 Å². The van der Waals surface area contributed by atoms with E-state index >= 15 is 0 Å². The molecule has 0 aliphatic rings. The van der Waals surface area contributed by atoms with E-state index < -0.39 is 22.5 Å². The molecule has 0 unspecified atom stereocenters. The molecule has 0 saturated heterocycles. The molecule has 0 atom stereocenters. The quantitative estimate of drug-likeness (QED) is 0.851. The van der Waals surface area contributed by atoms with Crippen molar-refractivity contribution in [1.29, 1.82) is 0 Å². The average Bonchev–Trinajstić information content (AvgIpc) is 2.49. The molecule has 0 saturated carbocycles. The number of hydrogen-bond acceptors (Lipinski definition) is 3. The molecule has 0 heterocycles. The number of nitrogens with zero attached hydrogens (tertiary/aromatic N) is 1. The molecule has 0 aromatic heterocycles.